The normalized spacial score (nSPS) is 14.8. The highest BCUT2D eigenvalue weighted by molar-refractivity contribution is 5.64. The first-order valence-electron chi connectivity index (χ1n) is 9.10. The van der Waals surface area contributed by atoms with Crippen molar-refractivity contribution in [2.75, 3.05) is 0 Å². The van der Waals surface area contributed by atoms with E-state index >= 15 is 0 Å². The summed E-state index contributed by atoms with van der Waals surface area (Å²) in [6.45, 7) is 2.19. The molecule has 0 amide bonds. The lowest BCUT2D eigenvalue weighted by molar-refractivity contribution is -0.305. The molecule has 24 heavy (non-hydrogen) atoms. The molecule has 0 aliphatic heterocycles. The van der Waals surface area contributed by atoms with Crippen molar-refractivity contribution in [3.8, 4) is 0 Å². The van der Waals surface area contributed by atoms with Crippen LogP contribution in [0.2, 0.25) is 0 Å². The Morgan fingerprint density at radius 3 is 2.50 bits per heavy atom. The van der Waals surface area contributed by atoms with Crippen molar-refractivity contribution in [3.05, 3.63) is 36.5 Å². The van der Waals surface area contributed by atoms with Crippen LogP contribution >= 0.6 is 0 Å². The molecule has 4 heteroatoms. The molecule has 2 N–H and O–H groups in total. The average molecular weight is 337 g/mol. The van der Waals surface area contributed by atoms with Gasteiger partial charge < -0.3 is 20.1 Å². The molecule has 4 nitrogen and oxygen atoms in total. The van der Waals surface area contributed by atoms with Gasteiger partial charge in [-0.3, -0.25) is 0 Å². The van der Waals surface area contributed by atoms with Crippen molar-refractivity contribution in [1.82, 2.24) is 0 Å². The van der Waals surface area contributed by atoms with Crippen molar-refractivity contribution in [2.24, 2.45) is 0 Å². The van der Waals surface area contributed by atoms with Crippen molar-refractivity contribution >= 4 is 5.97 Å². The molecule has 0 aromatic heterocycles. The molecule has 0 fully saturated rings. The first kappa shape index (κ1) is 22.6. The number of allylic oxidation sites excluding steroid dienone is 4. The zero-order valence-corrected chi connectivity index (χ0v) is 14.9. The number of carboxylic acids is 1. The summed E-state index contributed by atoms with van der Waals surface area (Å²) in [5, 5.41) is 29.7. The number of rotatable bonds is 15. The zero-order valence-electron chi connectivity index (χ0n) is 14.9. The standard InChI is InChI=1S/C20H34O4/c1-2-3-4-5-6-9-13-18(21)14-10-7-8-11-15-19(22)16-12-17-20(23)24/h6-9,11,15,18-19,21-22H,2-5,10,12-14,16-17H2,1H3,(H,23,24)/p-1/b8-7+,9-6-,15-11-/t18-,19-/m1/s1. The van der Waals surface area contributed by atoms with Gasteiger partial charge in [-0.1, -0.05) is 56.2 Å². The van der Waals surface area contributed by atoms with Crippen molar-refractivity contribution < 1.29 is 20.1 Å². The summed E-state index contributed by atoms with van der Waals surface area (Å²) in [6.07, 6.45) is 18.3. The number of unbranched alkanes of at least 4 members (excludes halogenated alkanes) is 3. The van der Waals surface area contributed by atoms with Gasteiger partial charge in [-0.25, -0.2) is 0 Å². The van der Waals surface area contributed by atoms with Gasteiger partial charge in [0.15, 0.2) is 0 Å². The molecule has 0 saturated carbocycles. The number of carboxylic acid groups (broad SMARTS) is 1. The van der Waals surface area contributed by atoms with Gasteiger partial charge in [-0.15, -0.1) is 0 Å². The quantitative estimate of drug-likeness (QED) is 0.273. The summed E-state index contributed by atoms with van der Waals surface area (Å²) < 4.78 is 0. The Hall–Kier alpha value is -1.39. The highest BCUT2D eigenvalue weighted by atomic mass is 16.4. The molecular weight excluding hydrogens is 304 g/mol. The molecule has 0 aromatic carbocycles. The number of hydrogen-bond donors (Lipinski definition) is 2. The molecule has 2 atom stereocenters. The minimum absolute atomic E-state index is 0.0221. The van der Waals surface area contributed by atoms with Crippen LogP contribution in [0.5, 0.6) is 0 Å². The highest BCUT2D eigenvalue weighted by Crippen LogP contribution is 2.06. The summed E-state index contributed by atoms with van der Waals surface area (Å²) in [5.74, 6) is -1.08. The van der Waals surface area contributed by atoms with Gasteiger partial charge in [0.05, 0.1) is 12.2 Å². The summed E-state index contributed by atoms with van der Waals surface area (Å²) in [4.78, 5) is 10.2. The fourth-order valence-corrected chi connectivity index (χ4v) is 2.21. The van der Waals surface area contributed by atoms with E-state index in [0.29, 0.717) is 19.3 Å². The number of aliphatic carboxylic acids is 1. The minimum Gasteiger partial charge on any atom is -0.550 e. The van der Waals surface area contributed by atoms with E-state index in [4.69, 9.17) is 0 Å². The number of aliphatic hydroxyl groups excluding tert-OH is 2. The minimum atomic E-state index is -1.08. The lowest BCUT2D eigenvalue weighted by Crippen LogP contribution is -2.22. The predicted molar refractivity (Wildman–Crippen MR) is 96.3 cm³/mol. The monoisotopic (exact) mass is 337 g/mol. The molecule has 0 aromatic rings. The van der Waals surface area contributed by atoms with Gasteiger partial charge in [0.1, 0.15) is 0 Å². The largest absolute Gasteiger partial charge is 0.550 e. The maximum Gasteiger partial charge on any atom is 0.0724 e. The first-order valence-corrected chi connectivity index (χ1v) is 9.10. The Bertz CT molecular complexity index is 385. The van der Waals surface area contributed by atoms with Crippen LogP contribution in [0, 0.1) is 0 Å². The fourth-order valence-electron chi connectivity index (χ4n) is 2.21. The van der Waals surface area contributed by atoms with E-state index in [-0.39, 0.29) is 12.5 Å². The van der Waals surface area contributed by atoms with Crippen LogP contribution in [-0.2, 0) is 4.79 Å². The summed E-state index contributed by atoms with van der Waals surface area (Å²) in [7, 11) is 0. The third-order valence-corrected chi connectivity index (χ3v) is 3.68. The fraction of sp³-hybridized carbons (Fsp3) is 0.650. The molecule has 0 aliphatic carbocycles. The number of aliphatic hydroxyl groups is 2. The van der Waals surface area contributed by atoms with E-state index in [2.05, 4.69) is 19.1 Å². The van der Waals surface area contributed by atoms with Crippen LogP contribution < -0.4 is 5.11 Å². The smallest absolute Gasteiger partial charge is 0.0724 e. The van der Waals surface area contributed by atoms with E-state index in [1.54, 1.807) is 12.2 Å². The number of hydrogen-bond acceptors (Lipinski definition) is 4. The zero-order chi connectivity index (χ0) is 18.0. The molecule has 0 radical (unpaired) electrons. The number of carbonyl (C=O) groups is 1. The van der Waals surface area contributed by atoms with Crippen LogP contribution in [0.3, 0.4) is 0 Å². The summed E-state index contributed by atoms with van der Waals surface area (Å²) in [5.41, 5.74) is 0. The average Bonchev–Trinajstić information content (AvgIpc) is 2.53. The molecule has 0 saturated heterocycles. The van der Waals surface area contributed by atoms with Crippen molar-refractivity contribution in [2.45, 2.75) is 83.3 Å². The van der Waals surface area contributed by atoms with E-state index < -0.39 is 12.1 Å². The lowest BCUT2D eigenvalue weighted by Gasteiger charge is -2.05. The van der Waals surface area contributed by atoms with Gasteiger partial charge >= 0.3 is 0 Å². The molecule has 0 bridgehead atoms. The number of carbonyl (C=O) groups excluding carboxylic acids is 1. The highest BCUT2D eigenvalue weighted by Gasteiger charge is 1.99. The Morgan fingerprint density at radius 1 is 1.00 bits per heavy atom. The maximum atomic E-state index is 10.2. The van der Waals surface area contributed by atoms with Gasteiger partial charge in [-0.05, 0) is 51.4 Å². The molecule has 138 valence electrons. The van der Waals surface area contributed by atoms with Crippen LogP contribution in [0.25, 0.3) is 0 Å². The van der Waals surface area contributed by atoms with Gasteiger partial charge in [0, 0.05) is 5.97 Å². The van der Waals surface area contributed by atoms with E-state index in [9.17, 15) is 20.1 Å². The molecular formula is C20H33O4-. The molecule has 0 rings (SSSR count). The van der Waals surface area contributed by atoms with Crippen LogP contribution in [0.15, 0.2) is 36.5 Å². The molecule has 0 spiro atoms. The topological polar surface area (TPSA) is 80.6 Å². The Morgan fingerprint density at radius 2 is 1.79 bits per heavy atom. The van der Waals surface area contributed by atoms with E-state index in [1.165, 1.54) is 19.3 Å². The van der Waals surface area contributed by atoms with Crippen LogP contribution in [0.1, 0.15) is 71.1 Å². The second-order valence-electron chi connectivity index (χ2n) is 6.08. The second kappa shape index (κ2) is 16.5. The van der Waals surface area contributed by atoms with Crippen molar-refractivity contribution in [1.29, 1.82) is 0 Å². The van der Waals surface area contributed by atoms with Crippen LogP contribution in [0.4, 0.5) is 0 Å². The van der Waals surface area contributed by atoms with Gasteiger partial charge in [0.2, 0.25) is 0 Å². The third-order valence-electron chi connectivity index (χ3n) is 3.68. The Balaban J connectivity index is 3.65. The maximum absolute atomic E-state index is 10.2. The molecule has 0 unspecified atom stereocenters. The summed E-state index contributed by atoms with van der Waals surface area (Å²) in [6, 6.07) is 0. The van der Waals surface area contributed by atoms with Crippen molar-refractivity contribution in [3.63, 3.8) is 0 Å². The Kier molecular flexibility index (Phi) is 15.5. The Labute approximate surface area is 146 Å². The second-order valence-corrected chi connectivity index (χ2v) is 6.08. The molecule has 0 aliphatic rings. The third kappa shape index (κ3) is 17.0. The molecule has 0 heterocycles. The SMILES string of the molecule is CCCCC/C=C\C[C@@H](O)CC/C=C/C=C\[C@@H](O)CCCC(=O)[O-]. The van der Waals surface area contributed by atoms with E-state index in [1.807, 2.05) is 12.2 Å². The predicted octanol–water partition coefficient (Wildman–Crippen LogP) is 3.05. The lowest BCUT2D eigenvalue weighted by atomic mass is 10.1. The van der Waals surface area contributed by atoms with Gasteiger partial charge in [0.25, 0.3) is 0 Å². The summed E-state index contributed by atoms with van der Waals surface area (Å²) >= 11 is 0. The van der Waals surface area contributed by atoms with Gasteiger partial charge in [-0.2, -0.15) is 0 Å². The van der Waals surface area contributed by atoms with Crippen LogP contribution in [-0.4, -0.2) is 28.4 Å². The first-order chi connectivity index (χ1) is 11.6. The van der Waals surface area contributed by atoms with E-state index in [0.717, 1.165) is 19.3 Å².